The van der Waals surface area contributed by atoms with Crippen LogP contribution in [-0.4, -0.2) is 44.3 Å². The summed E-state index contributed by atoms with van der Waals surface area (Å²) in [4.78, 5) is 11.5. The number of hydrogen-bond donors (Lipinski definition) is 2. The normalized spacial score (nSPS) is 25.5. The smallest absolute Gasteiger partial charge is 0.279 e. The molecule has 0 aromatic heterocycles. The van der Waals surface area contributed by atoms with Crippen LogP contribution in [0.5, 0.6) is 0 Å². The first-order valence-electron chi connectivity index (χ1n) is 6.74. The molecular weight excluding hydrogens is 266 g/mol. The Morgan fingerprint density at radius 3 is 2.26 bits per heavy atom. The van der Waals surface area contributed by atoms with Gasteiger partial charge < -0.3 is 5.32 Å². The molecule has 6 nitrogen and oxygen atoms in total. The number of amides is 1. The van der Waals surface area contributed by atoms with E-state index >= 15 is 0 Å². The summed E-state index contributed by atoms with van der Waals surface area (Å²) in [6.07, 6.45) is 1.04. The lowest BCUT2D eigenvalue weighted by molar-refractivity contribution is -0.120. The van der Waals surface area contributed by atoms with Crippen LogP contribution in [0.3, 0.4) is 0 Å². The topological polar surface area (TPSA) is 78.5 Å². The van der Waals surface area contributed by atoms with E-state index in [1.54, 1.807) is 0 Å². The van der Waals surface area contributed by atoms with Crippen molar-refractivity contribution in [1.82, 2.24) is 14.3 Å². The summed E-state index contributed by atoms with van der Waals surface area (Å²) in [6.45, 7) is 8.59. The summed E-state index contributed by atoms with van der Waals surface area (Å²) in [7, 11) is -3.56. The van der Waals surface area contributed by atoms with E-state index in [9.17, 15) is 13.2 Å². The second kappa shape index (κ2) is 6.67. The zero-order valence-corrected chi connectivity index (χ0v) is 13.0. The molecule has 1 saturated heterocycles. The molecule has 1 heterocycles. The van der Waals surface area contributed by atoms with Crippen LogP contribution in [-0.2, 0) is 15.0 Å². The Morgan fingerprint density at radius 2 is 1.79 bits per heavy atom. The van der Waals surface area contributed by atoms with Crippen LogP contribution in [0.4, 0.5) is 0 Å². The van der Waals surface area contributed by atoms with Crippen LogP contribution < -0.4 is 10.0 Å². The van der Waals surface area contributed by atoms with E-state index < -0.39 is 10.2 Å². The number of carbonyl (C=O) groups is 1. The lowest BCUT2D eigenvalue weighted by Crippen LogP contribution is -2.50. The molecule has 1 fully saturated rings. The van der Waals surface area contributed by atoms with Crippen molar-refractivity contribution in [2.75, 3.05) is 19.6 Å². The van der Waals surface area contributed by atoms with Crippen molar-refractivity contribution in [3.63, 3.8) is 0 Å². The van der Waals surface area contributed by atoms with Crippen molar-refractivity contribution >= 4 is 16.1 Å². The minimum absolute atomic E-state index is 0.00651. The van der Waals surface area contributed by atoms with Crippen molar-refractivity contribution in [3.8, 4) is 0 Å². The maximum atomic E-state index is 12.1. The largest absolute Gasteiger partial charge is 0.353 e. The Kier molecular flexibility index (Phi) is 5.76. The molecule has 19 heavy (non-hydrogen) atoms. The van der Waals surface area contributed by atoms with Gasteiger partial charge in [-0.25, -0.2) is 0 Å². The van der Waals surface area contributed by atoms with Crippen molar-refractivity contribution in [2.45, 2.75) is 40.2 Å². The summed E-state index contributed by atoms with van der Waals surface area (Å²) in [5.41, 5.74) is 0. The third-order valence-electron chi connectivity index (χ3n) is 3.04. The van der Waals surface area contributed by atoms with Gasteiger partial charge in [-0.2, -0.15) is 17.4 Å². The standard InChI is InChI=1S/C12H25N3O3S/c1-9(2)14-12(16)6-13-19(17,18)15-7-10(3)5-11(4)8-15/h9-11,13H,5-8H2,1-4H3,(H,14,16)/t10-,11-/m0/s1. The van der Waals surface area contributed by atoms with Gasteiger partial charge in [0.05, 0.1) is 6.54 Å². The van der Waals surface area contributed by atoms with E-state index in [-0.39, 0.29) is 18.5 Å². The Morgan fingerprint density at radius 1 is 1.26 bits per heavy atom. The van der Waals surface area contributed by atoms with Crippen LogP contribution in [0.1, 0.15) is 34.1 Å². The molecule has 7 heteroatoms. The van der Waals surface area contributed by atoms with Crippen LogP contribution in [0.15, 0.2) is 0 Å². The Bertz CT molecular complexity index is 398. The van der Waals surface area contributed by atoms with Gasteiger partial charge in [0, 0.05) is 19.1 Å². The van der Waals surface area contributed by atoms with Crippen LogP contribution in [0.25, 0.3) is 0 Å². The Labute approximate surface area is 116 Å². The Balaban J connectivity index is 2.53. The summed E-state index contributed by atoms with van der Waals surface area (Å²) < 4.78 is 28.0. The number of carbonyl (C=O) groups excluding carboxylic acids is 1. The maximum absolute atomic E-state index is 12.1. The molecule has 0 saturated carbocycles. The molecule has 0 unspecified atom stereocenters. The van der Waals surface area contributed by atoms with Gasteiger partial charge in [0.2, 0.25) is 5.91 Å². The molecule has 0 bridgehead atoms. The monoisotopic (exact) mass is 291 g/mol. The number of nitrogens with one attached hydrogen (secondary N) is 2. The maximum Gasteiger partial charge on any atom is 0.279 e. The molecule has 1 aliphatic heterocycles. The van der Waals surface area contributed by atoms with E-state index in [2.05, 4.69) is 10.0 Å². The molecule has 2 atom stereocenters. The van der Waals surface area contributed by atoms with Gasteiger partial charge in [0.1, 0.15) is 0 Å². The first-order chi connectivity index (χ1) is 8.70. The van der Waals surface area contributed by atoms with E-state index in [1.807, 2.05) is 27.7 Å². The van der Waals surface area contributed by atoms with Crippen molar-refractivity contribution < 1.29 is 13.2 Å². The highest BCUT2D eigenvalue weighted by atomic mass is 32.2. The average Bonchev–Trinajstić information content (AvgIpc) is 2.24. The second-order valence-electron chi connectivity index (χ2n) is 5.81. The molecule has 0 aromatic carbocycles. The molecule has 0 radical (unpaired) electrons. The highest BCUT2D eigenvalue weighted by Gasteiger charge is 2.30. The molecule has 112 valence electrons. The number of rotatable bonds is 5. The van der Waals surface area contributed by atoms with Crippen molar-refractivity contribution in [2.24, 2.45) is 11.8 Å². The SMILES string of the molecule is CC(C)NC(=O)CNS(=O)(=O)N1C[C@@H](C)C[C@H](C)C1. The average molecular weight is 291 g/mol. The zero-order valence-electron chi connectivity index (χ0n) is 12.1. The summed E-state index contributed by atoms with van der Waals surface area (Å²) in [6, 6.07) is 0.00651. The van der Waals surface area contributed by atoms with Crippen molar-refractivity contribution in [3.05, 3.63) is 0 Å². The van der Waals surface area contributed by atoms with Gasteiger partial charge in [0.25, 0.3) is 10.2 Å². The predicted octanol–water partition coefficient (Wildman–Crippen LogP) is 0.323. The summed E-state index contributed by atoms with van der Waals surface area (Å²) >= 11 is 0. The number of nitrogens with zero attached hydrogens (tertiary/aromatic N) is 1. The van der Waals surface area contributed by atoms with E-state index in [4.69, 9.17) is 0 Å². The molecule has 1 amide bonds. The molecule has 2 N–H and O–H groups in total. The van der Waals surface area contributed by atoms with Crippen LogP contribution >= 0.6 is 0 Å². The summed E-state index contributed by atoms with van der Waals surface area (Å²) in [5.74, 6) is 0.395. The Hall–Kier alpha value is -0.660. The molecular formula is C12H25N3O3S. The lowest BCUT2D eigenvalue weighted by atomic mass is 9.94. The first kappa shape index (κ1) is 16.4. The minimum Gasteiger partial charge on any atom is -0.353 e. The lowest BCUT2D eigenvalue weighted by Gasteiger charge is -2.33. The van der Waals surface area contributed by atoms with Gasteiger partial charge in [-0.1, -0.05) is 13.8 Å². The fraction of sp³-hybridized carbons (Fsp3) is 0.917. The second-order valence-corrected chi connectivity index (χ2v) is 7.57. The number of piperidine rings is 1. The third-order valence-corrected chi connectivity index (χ3v) is 4.53. The quantitative estimate of drug-likeness (QED) is 0.766. The van der Waals surface area contributed by atoms with Gasteiger partial charge in [-0.05, 0) is 32.1 Å². The minimum atomic E-state index is -3.56. The van der Waals surface area contributed by atoms with Crippen LogP contribution in [0, 0.1) is 11.8 Å². The molecule has 0 aliphatic carbocycles. The van der Waals surface area contributed by atoms with E-state index in [0.29, 0.717) is 24.9 Å². The highest BCUT2D eigenvalue weighted by Crippen LogP contribution is 2.22. The van der Waals surface area contributed by atoms with Gasteiger partial charge in [-0.3, -0.25) is 4.79 Å². The van der Waals surface area contributed by atoms with E-state index in [1.165, 1.54) is 4.31 Å². The fourth-order valence-electron chi connectivity index (χ4n) is 2.42. The van der Waals surface area contributed by atoms with E-state index in [0.717, 1.165) is 6.42 Å². The molecule has 1 aliphatic rings. The zero-order chi connectivity index (χ0) is 14.6. The fourth-order valence-corrected chi connectivity index (χ4v) is 3.82. The van der Waals surface area contributed by atoms with Gasteiger partial charge in [0.15, 0.2) is 0 Å². The highest BCUT2D eigenvalue weighted by molar-refractivity contribution is 7.87. The van der Waals surface area contributed by atoms with Gasteiger partial charge >= 0.3 is 0 Å². The number of hydrogen-bond acceptors (Lipinski definition) is 3. The molecule has 0 aromatic rings. The predicted molar refractivity (Wildman–Crippen MR) is 74.7 cm³/mol. The van der Waals surface area contributed by atoms with Crippen molar-refractivity contribution in [1.29, 1.82) is 0 Å². The first-order valence-corrected chi connectivity index (χ1v) is 8.18. The summed E-state index contributed by atoms with van der Waals surface area (Å²) in [5, 5.41) is 2.65. The molecule has 1 rings (SSSR count). The third kappa shape index (κ3) is 5.46. The van der Waals surface area contributed by atoms with Crippen LogP contribution in [0.2, 0.25) is 0 Å². The van der Waals surface area contributed by atoms with Gasteiger partial charge in [-0.15, -0.1) is 0 Å². The molecule has 0 spiro atoms.